The molecule has 196 valence electrons. The summed E-state index contributed by atoms with van der Waals surface area (Å²) in [5, 5.41) is 0. The molecule has 0 aromatic heterocycles. The van der Waals surface area contributed by atoms with Crippen molar-refractivity contribution in [2.45, 2.75) is 50.9 Å². The fourth-order valence-corrected chi connectivity index (χ4v) is 5.69. The number of esters is 2. The molecule has 2 aromatic carbocycles. The minimum atomic E-state index is -4.05. The molecule has 1 atom stereocenters. The fraction of sp³-hybridized carbons (Fsp3) is 0.500. The first kappa shape index (κ1) is 27.9. The highest BCUT2D eigenvalue weighted by atomic mass is 32.2. The molecule has 3 rings (SSSR count). The lowest BCUT2D eigenvalue weighted by Gasteiger charge is -2.28. The molecule has 1 heterocycles. The molecule has 0 radical (unpaired) electrons. The van der Waals surface area contributed by atoms with Gasteiger partial charge >= 0.3 is 11.9 Å². The smallest absolute Gasteiger partial charge is 0.326 e. The summed E-state index contributed by atoms with van der Waals surface area (Å²) in [6.45, 7) is 5.40. The van der Waals surface area contributed by atoms with Gasteiger partial charge in [-0.15, -0.1) is 0 Å². The average molecular weight is 516 g/mol. The van der Waals surface area contributed by atoms with Crippen molar-refractivity contribution in [2.24, 2.45) is 5.92 Å². The molecule has 1 saturated heterocycles. The van der Waals surface area contributed by atoms with E-state index in [9.17, 15) is 18.0 Å². The summed E-state index contributed by atoms with van der Waals surface area (Å²) >= 11 is 0. The van der Waals surface area contributed by atoms with E-state index in [1.807, 2.05) is 60.7 Å². The van der Waals surface area contributed by atoms with Crippen molar-refractivity contribution in [3.05, 3.63) is 71.8 Å². The van der Waals surface area contributed by atoms with Gasteiger partial charge in [0.15, 0.2) is 14.6 Å². The van der Waals surface area contributed by atoms with Crippen molar-refractivity contribution in [2.75, 3.05) is 32.0 Å². The summed E-state index contributed by atoms with van der Waals surface area (Å²) in [6, 6.07) is 18.4. The van der Waals surface area contributed by atoms with Gasteiger partial charge in [-0.1, -0.05) is 67.1 Å². The molecule has 36 heavy (non-hydrogen) atoms. The summed E-state index contributed by atoms with van der Waals surface area (Å²) in [4.78, 5) is 28.1. The van der Waals surface area contributed by atoms with Crippen LogP contribution in [0.4, 0.5) is 0 Å². The van der Waals surface area contributed by atoms with Gasteiger partial charge in [0.05, 0.1) is 11.7 Å². The Morgan fingerprint density at radius 1 is 0.889 bits per heavy atom. The van der Waals surface area contributed by atoms with Crippen molar-refractivity contribution in [3.8, 4) is 0 Å². The lowest BCUT2D eigenvalue weighted by atomic mass is 10.0. The molecule has 8 heteroatoms. The third-order valence-corrected chi connectivity index (χ3v) is 9.22. The van der Waals surface area contributed by atoms with Gasteiger partial charge in [-0.2, -0.15) is 0 Å². The maximum Gasteiger partial charge on any atom is 0.326 e. The third kappa shape index (κ3) is 7.90. The molecular weight excluding hydrogens is 478 g/mol. The first-order valence-corrected chi connectivity index (χ1v) is 14.2. The number of likely N-dealkylation sites (tertiary alicyclic amines) is 1. The van der Waals surface area contributed by atoms with Crippen LogP contribution in [0.2, 0.25) is 0 Å². The summed E-state index contributed by atoms with van der Waals surface area (Å²) in [7, 11) is -4.05. The summed E-state index contributed by atoms with van der Waals surface area (Å²) in [6.07, 6.45) is 3.64. The molecule has 0 saturated carbocycles. The van der Waals surface area contributed by atoms with Gasteiger partial charge < -0.3 is 9.47 Å². The molecule has 0 bridgehead atoms. The maximum absolute atomic E-state index is 13.4. The van der Waals surface area contributed by atoms with Crippen molar-refractivity contribution < 1.29 is 27.5 Å². The van der Waals surface area contributed by atoms with Gasteiger partial charge in [-0.25, -0.2) is 8.42 Å². The fourth-order valence-electron chi connectivity index (χ4n) is 4.18. The third-order valence-electron chi connectivity index (χ3n) is 6.66. The zero-order valence-electron chi connectivity index (χ0n) is 21.2. The van der Waals surface area contributed by atoms with E-state index in [2.05, 4.69) is 4.90 Å². The topological polar surface area (TPSA) is 90.0 Å². The zero-order valence-corrected chi connectivity index (χ0v) is 22.0. The highest BCUT2D eigenvalue weighted by Gasteiger charge is 2.45. The van der Waals surface area contributed by atoms with Crippen LogP contribution in [-0.4, -0.2) is 62.0 Å². The van der Waals surface area contributed by atoms with Crippen LogP contribution in [0.1, 0.15) is 44.2 Å². The average Bonchev–Trinajstić information content (AvgIpc) is 2.88. The van der Waals surface area contributed by atoms with Crippen LogP contribution in [0.15, 0.2) is 60.7 Å². The summed E-state index contributed by atoms with van der Waals surface area (Å²) < 4.78 is 35.9. The largest absolute Gasteiger partial charge is 0.463 e. The van der Waals surface area contributed by atoms with E-state index < -0.39 is 38.2 Å². The molecule has 2 aromatic rings. The van der Waals surface area contributed by atoms with Gasteiger partial charge in [0.1, 0.15) is 13.2 Å². The Bertz CT molecular complexity index is 1080. The van der Waals surface area contributed by atoms with E-state index in [1.54, 1.807) is 0 Å². The number of hydrogen-bond donors (Lipinski definition) is 0. The minimum Gasteiger partial charge on any atom is -0.463 e. The second-order valence-corrected chi connectivity index (χ2v) is 12.4. The summed E-state index contributed by atoms with van der Waals surface area (Å²) in [5.74, 6) is -2.87. The zero-order chi connectivity index (χ0) is 26.0. The van der Waals surface area contributed by atoms with Crippen LogP contribution >= 0.6 is 0 Å². The number of sulfone groups is 1. The SMILES string of the molecule is CC(C)(C(=O)OCCN1CCCCC1)S(=O)(=O)CC(Cc1ccccc1)C(=O)OCc1ccccc1. The van der Waals surface area contributed by atoms with Gasteiger partial charge in [0.25, 0.3) is 0 Å². The standard InChI is InChI=1S/C28H37NO6S/c1-28(2,27(31)34-19-18-29-16-10-5-11-17-29)36(32,33)22-25(20-23-12-6-3-7-13-23)26(30)35-21-24-14-8-4-9-15-24/h3-4,6-9,12-15,25H,5,10-11,16-22H2,1-2H3. The molecule has 0 spiro atoms. The van der Waals surface area contributed by atoms with Crippen LogP contribution < -0.4 is 0 Å². The molecule has 0 N–H and O–H groups in total. The van der Waals surface area contributed by atoms with Crippen molar-refractivity contribution in [3.63, 3.8) is 0 Å². The number of piperidine rings is 1. The van der Waals surface area contributed by atoms with E-state index in [1.165, 1.54) is 20.3 Å². The maximum atomic E-state index is 13.4. The predicted octanol–water partition coefficient (Wildman–Crippen LogP) is 3.81. The number of nitrogens with zero attached hydrogens (tertiary/aromatic N) is 1. The van der Waals surface area contributed by atoms with Gasteiger partial charge in [0.2, 0.25) is 0 Å². The number of rotatable bonds is 12. The number of carbonyl (C=O) groups is 2. The van der Waals surface area contributed by atoms with Gasteiger partial charge in [-0.05, 0) is 57.3 Å². The van der Waals surface area contributed by atoms with Crippen molar-refractivity contribution in [1.29, 1.82) is 0 Å². The second kappa shape index (κ2) is 13.0. The molecule has 1 unspecified atom stereocenters. The minimum absolute atomic E-state index is 0.0486. The van der Waals surface area contributed by atoms with Crippen LogP contribution in [-0.2, 0) is 41.9 Å². The van der Waals surface area contributed by atoms with Crippen LogP contribution in [0.25, 0.3) is 0 Å². The van der Waals surface area contributed by atoms with Crippen LogP contribution in [0.3, 0.4) is 0 Å². The lowest BCUT2D eigenvalue weighted by molar-refractivity contribution is -0.149. The normalized spacial score (nSPS) is 15.7. The Labute approximate surface area is 214 Å². The number of carbonyl (C=O) groups excluding carboxylic acids is 2. The Balaban J connectivity index is 1.66. The molecule has 1 aliphatic rings. The van der Waals surface area contributed by atoms with E-state index in [4.69, 9.17) is 9.47 Å². The highest BCUT2D eigenvalue weighted by molar-refractivity contribution is 7.93. The summed E-state index contributed by atoms with van der Waals surface area (Å²) in [5.41, 5.74) is 1.63. The molecular formula is C28H37NO6S. The quantitative estimate of drug-likeness (QED) is 0.397. The van der Waals surface area contributed by atoms with E-state index in [-0.39, 0.29) is 19.6 Å². The van der Waals surface area contributed by atoms with Crippen molar-refractivity contribution >= 4 is 21.8 Å². The van der Waals surface area contributed by atoms with E-state index >= 15 is 0 Å². The number of benzene rings is 2. The molecule has 0 amide bonds. The van der Waals surface area contributed by atoms with E-state index in [0.29, 0.717) is 6.54 Å². The first-order valence-electron chi connectivity index (χ1n) is 12.6. The van der Waals surface area contributed by atoms with Gasteiger partial charge in [0, 0.05) is 6.54 Å². The molecule has 1 aliphatic heterocycles. The van der Waals surface area contributed by atoms with Gasteiger partial charge in [-0.3, -0.25) is 14.5 Å². The Hall–Kier alpha value is -2.71. The van der Waals surface area contributed by atoms with Crippen LogP contribution in [0.5, 0.6) is 0 Å². The van der Waals surface area contributed by atoms with E-state index in [0.717, 1.165) is 37.1 Å². The Morgan fingerprint density at radius 2 is 1.47 bits per heavy atom. The first-order chi connectivity index (χ1) is 17.2. The Kier molecular flexibility index (Phi) is 10.1. The molecule has 7 nitrogen and oxygen atoms in total. The molecule has 0 aliphatic carbocycles. The Morgan fingerprint density at radius 3 is 2.08 bits per heavy atom. The highest BCUT2D eigenvalue weighted by Crippen LogP contribution is 2.24. The van der Waals surface area contributed by atoms with Crippen LogP contribution in [0, 0.1) is 5.92 Å². The number of hydrogen-bond acceptors (Lipinski definition) is 7. The molecule has 1 fully saturated rings. The lowest BCUT2D eigenvalue weighted by Crippen LogP contribution is -2.46. The van der Waals surface area contributed by atoms with Crippen molar-refractivity contribution in [1.82, 2.24) is 4.90 Å². The monoisotopic (exact) mass is 515 g/mol. The predicted molar refractivity (Wildman–Crippen MR) is 139 cm³/mol. The second-order valence-electron chi connectivity index (χ2n) is 9.81. The number of ether oxygens (including phenoxy) is 2.